The molecule has 0 atom stereocenters. The van der Waals surface area contributed by atoms with E-state index in [2.05, 4.69) is 33.5 Å². The lowest BCUT2D eigenvalue weighted by molar-refractivity contribution is -0.192. The van der Waals surface area contributed by atoms with Crippen LogP contribution in [0.2, 0.25) is 0 Å². The molecule has 0 fully saturated rings. The van der Waals surface area contributed by atoms with E-state index in [1.54, 1.807) is 25.4 Å². The number of nitrogens with one attached hydrogen (secondary N) is 1. The summed E-state index contributed by atoms with van der Waals surface area (Å²) < 4.78 is 43.1. The molecule has 212 valence electrons. The molecule has 0 bridgehead atoms. The normalized spacial score (nSPS) is 11.2. The van der Waals surface area contributed by atoms with Gasteiger partial charge in [-0.2, -0.15) is 18.3 Å². The van der Waals surface area contributed by atoms with Gasteiger partial charge >= 0.3 is 12.1 Å². The number of carbonyl (C=O) groups excluding carboxylic acids is 1. The maximum Gasteiger partial charge on any atom is 0.490 e. The Morgan fingerprint density at radius 1 is 1.10 bits per heavy atom. The maximum absolute atomic E-state index is 11.8. The highest BCUT2D eigenvalue weighted by atomic mass is 32.1. The molecule has 5 rings (SSSR count). The van der Waals surface area contributed by atoms with Crippen molar-refractivity contribution in [1.29, 1.82) is 0 Å². The average Bonchev–Trinajstić information content (AvgIpc) is 3.65. The van der Waals surface area contributed by atoms with Crippen LogP contribution >= 0.6 is 11.3 Å². The molecule has 0 radical (unpaired) electrons. The van der Waals surface area contributed by atoms with E-state index in [9.17, 15) is 18.0 Å². The van der Waals surface area contributed by atoms with Crippen molar-refractivity contribution < 1.29 is 37.3 Å². The number of ether oxygens (including phenoxy) is 2. The molecule has 0 spiro atoms. The molecule has 0 aliphatic heterocycles. The fraction of sp³-hybridized carbons (Fsp3) is 0.207. The van der Waals surface area contributed by atoms with Gasteiger partial charge in [0.1, 0.15) is 18.1 Å². The zero-order valence-corrected chi connectivity index (χ0v) is 22.7. The number of nitrogens with zero attached hydrogens (tertiary/aromatic N) is 2. The van der Waals surface area contributed by atoms with E-state index in [0.29, 0.717) is 12.4 Å². The van der Waals surface area contributed by atoms with Crippen LogP contribution in [-0.4, -0.2) is 65.6 Å². The number of aromatic nitrogens is 2. The minimum Gasteiger partial charge on any atom is -0.484 e. The van der Waals surface area contributed by atoms with Crippen molar-refractivity contribution in [3.8, 4) is 45.9 Å². The van der Waals surface area contributed by atoms with Gasteiger partial charge in [-0.3, -0.25) is 9.89 Å². The summed E-state index contributed by atoms with van der Waals surface area (Å²) in [5.74, 6) is 4.94. The number of carboxylic acid groups (broad SMARTS) is 1. The number of thiophene rings is 1. The number of alkyl halides is 3. The number of carbonyl (C=O) groups is 2. The summed E-state index contributed by atoms with van der Waals surface area (Å²) in [5, 5.41) is 17.0. The van der Waals surface area contributed by atoms with Gasteiger partial charge in [0.15, 0.2) is 6.61 Å². The third-order valence-corrected chi connectivity index (χ3v) is 6.67. The molecule has 12 heteroatoms. The second-order valence-electron chi connectivity index (χ2n) is 8.90. The number of H-pyrrole nitrogens is 1. The van der Waals surface area contributed by atoms with Crippen molar-refractivity contribution in [2.75, 3.05) is 27.3 Å². The van der Waals surface area contributed by atoms with Crippen molar-refractivity contribution in [3.05, 3.63) is 76.0 Å². The van der Waals surface area contributed by atoms with E-state index in [-0.39, 0.29) is 12.5 Å². The van der Waals surface area contributed by atoms with Gasteiger partial charge < -0.3 is 19.5 Å². The first-order valence-corrected chi connectivity index (χ1v) is 13.0. The number of rotatable bonds is 6. The smallest absolute Gasteiger partial charge is 0.484 e. The van der Waals surface area contributed by atoms with Crippen LogP contribution in [0.5, 0.6) is 11.5 Å². The monoisotopic (exact) mass is 583 g/mol. The van der Waals surface area contributed by atoms with E-state index in [4.69, 9.17) is 19.4 Å². The van der Waals surface area contributed by atoms with Crippen LogP contribution in [0.3, 0.4) is 0 Å². The summed E-state index contributed by atoms with van der Waals surface area (Å²) in [5.41, 5.74) is 6.48. The number of likely N-dealkylation sites (N-methyl/N-ethyl adjacent to an activating group) is 1. The topological polar surface area (TPSA) is 105 Å². The molecule has 2 N–H and O–H groups in total. The van der Waals surface area contributed by atoms with E-state index in [1.165, 1.54) is 10.5 Å². The minimum absolute atomic E-state index is 0.0268. The lowest BCUT2D eigenvalue weighted by Gasteiger charge is -2.12. The second kappa shape index (κ2) is 12.6. The minimum atomic E-state index is -5.08. The lowest BCUT2D eigenvalue weighted by atomic mass is 10.1. The Kier molecular flexibility index (Phi) is 8.99. The van der Waals surface area contributed by atoms with Gasteiger partial charge in [0.2, 0.25) is 0 Å². The summed E-state index contributed by atoms with van der Waals surface area (Å²) >= 11 is 1.60. The number of aromatic amines is 1. The van der Waals surface area contributed by atoms with E-state index in [1.807, 2.05) is 48.5 Å². The molecule has 1 aliphatic carbocycles. The summed E-state index contributed by atoms with van der Waals surface area (Å²) in [7, 11) is 3.44. The molecule has 41 heavy (non-hydrogen) atoms. The van der Waals surface area contributed by atoms with Crippen LogP contribution in [0, 0.1) is 11.8 Å². The van der Waals surface area contributed by atoms with Crippen molar-refractivity contribution in [2.45, 2.75) is 12.6 Å². The van der Waals surface area contributed by atoms with E-state index >= 15 is 0 Å². The van der Waals surface area contributed by atoms with Crippen molar-refractivity contribution in [3.63, 3.8) is 0 Å². The van der Waals surface area contributed by atoms with Crippen LogP contribution < -0.4 is 9.47 Å². The molecule has 8 nitrogen and oxygen atoms in total. The zero-order valence-electron chi connectivity index (χ0n) is 21.9. The molecular formula is C29H24F3N3O5S. The third kappa shape index (κ3) is 7.46. The number of fused-ring (bicyclic) bond motifs is 3. The van der Waals surface area contributed by atoms with Gasteiger partial charge in [0.25, 0.3) is 5.91 Å². The van der Waals surface area contributed by atoms with Gasteiger partial charge in [-0.05, 0) is 42.0 Å². The van der Waals surface area contributed by atoms with Crippen molar-refractivity contribution in [1.82, 2.24) is 15.1 Å². The highest BCUT2D eigenvalue weighted by molar-refractivity contribution is 7.11. The largest absolute Gasteiger partial charge is 0.490 e. The van der Waals surface area contributed by atoms with Gasteiger partial charge in [0, 0.05) is 42.6 Å². The maximum atomic E-state index is 11.8. The van der Waals surface area contributed by atoms with Gasteiger partial charge in [-0.1, -0.05) is 30.0 Å². The van der Waals surface area contributed by atoms with E-state index in [0.717, 1.165) is 45.1 Å². The zero-order chi connectivity index (χ0) is 29.6. The van der Waals surface area contributed by atoms with E-state index < -0.39 is 12.1 Å². The van der Waals surface area contributed by atoms with Crippen molar-refractivity contribution in [2.24, 2.45) is 0 Å². The molecule has 2 aromatic carbocycles. The fourth-order valence-corrected chi connectivity index (χ4v) is 4.56. The summed E-state index contributed by atoms with van der Waals surface area (Å²) in [4.78, 5) is 23.2. The molecule has 2 heterocycles. The Morgan fingerprint density at radius 3 is 2.51 bits per heavy atom. The molecule has 1 aliphatic rings. The first kappa shape index (κ1) is 29.2. The van der Waals surface area contributed by atoms with Crippen LogP contribution in [-0.2, 0) is 16.0 Å². The van der Waals surface area contributed by atoms with Crippen molar-refractivity contribution >= 4 is 23.2 Å². The predicted molar refractivity (Wildman–Crippen MR) is 147 cm³/mol. The summed E-state index contributed by atoms with van der Waals surface area (Å²) in [6, 6.07) is 17.7. The predicted octanol–water partition coefficient (Wildman–Crippen LogP) is 5.24. The second-order valence-corrected chi connectivity index (χ2v) is 9.82. The first-order chi connectivity index (χ1) is 19.5. The highest BCUT2D eigenvalue weighted by Crippen LogP contribution is 2.42. The number of para-hydroxylation sites is 1. The van der Waals surface area contributed by atoms with Gasteiger partial charge in [-0.15, -0.1) is 11.3 Å². The lowest BCUT2D eigenvalue weighted by Crippen LogP contribution is -2.27. The quantitative estimate of drug-likeness (QED) is 0.265. The molecule has 4 aromatic rings. The average molecular weight is 584 g/mol. The Hall–Kier alpha value is -4.76. The van der Waals surface area contributed by atoms with Crippen LogP contribution in [0.15, 0.2) is 60.0 Å². The number of benzene rings is 2. The number of aliphatic carboxylic acids is 1. The van der Waals surface area contributed by atoms with Gasteiger partial charge in [-0.25, -0.2) is 4.79 Å². The molecule has 2 aromatic heterocycles. The number of amides is 1. The Morgan fingerprint density at radius 2 is 1.83 bits per heavy atom. The number of hydrogen-bond acceptors (Lipinski definition) is 6. The molecule has 0 saturated carbocycles. The number of carboxylic acids is 1. The van der Waals surface area contributed by atoms with Gasteiger partial charge in [0.05, 0.1) is 16.3 Å². The fourth-order valence-electron chi connectivity index (χ4n) is 3.80. The number of hydrogen-bond donors (Lipinski definition) is 2. The first-order valence-electron chi connectivity index (χ1n) is 12.1. The molecule has 0 unspecified atom stereocenters. The Bertz CT molecular complexity index is 1600. The van der Waals surface area contributed by atoms with Crippen LogP contribution in [0.4, 0.5) is 13.2 Å². The Balaban J connectivity index is 0.000000493. The summed E-state index contributed by atoms with van der Waals surface area (Å²) in [6.07, 6.45) is -4.32. The molecule has 1 amide bonds. The van der Waals surface area contributed by atoms with Crippen LogP contribution in [0.25, 0.3) is 22.5 Å². The van der Waals surface area contributed by atoms with Crippen LogP contribution in [0.1, 0.15) is 16.0 Å². The SMILES string of the molecule is CN(C)C(=O)COc1ccc2c(c1)Cc1c(-c3csc(C#CCOc4ccccc4)c3)n[nH]c1-2.O=C(O)C(F)(F)F. The standard InChI is InChI=1S/C27H23N3O3S.C2HF3O2/c1-30(2)25(31)16-33-21-10-11-23-18(13-21)15-24-26(28-29-27(23)24)19-14-22(34-17-19)9-6-12-32-20-7-4-3-5-8-20;3-2(4,5)1(6)7/h3-5,7-8,10-11,13-14,17H,12,15-16H2,1-2H3,(H,28,29);(H,6,7). The third-order valence-electron chi connectivity index (χ3n) is 5.82. The molecule has 0 saturated heterocycles. The Labute approximate surface area is 237 Å². The molecular weight excluding hydrogens is 559 g/mol. The summed E-state index contributed by atoms with van der Waals surface area (Å²) in [6.45, 7) is 0.369. The highest BCUT2D eigenvalue weighted by Gasteiger charge is 2.38. The number of halogens is 3.